The van der Waals surface area contributed by atoms with Crippen LogP contribution in [0.15, 0.2) is 103 Å². The van der Waals surface area contributed by atoms with E-state index >= 15 is 0 Å². The second kappa shape index (κ2) is 10.7. The molecule has 0 aromatic heterocycles. The molecule has 0 atom stereocenters. The lowest BCUT2D eigenvalue weighted by Crippen LogP contribution is -2.37. The molecule has 4 aromatic rings. The summed E-state index contributed by atoms with van der Waals surface area (Å²) in [6, 6.07) is 27.6. The number of nitrogens with one attached hydrogen (secondary N) is 1. The lowest BCUT2D eigenvalue weighted by molar-refractivity contribution is -0.117. The molecular weight excluding hydrogens is 491 g/mol. The molecule has 0 bridgehead atoms. The number of hydrogen-bond donors (Lipinski definition) is 1. The molecule has 0 radical (unpaired) electrons. The molecule has 0 saturated carbocycles. The molecule has 0 fully saturated rings. The van der Waals surface area contributed by atoms with Gasteiger partial charge >= 0.3 is 0 Å². The summed E-state index contributed by atoms with van der Waals surface area (Å²) < 4.78 is 20.2. The number of amides is 2. The van der Waals surface area contributed by atoms with Gasteiger partial charge < -0.3 is 10.1 Å². The van der Waals surface area contributed by atoms with E-state index in [4.69, 9.17) is 16.3 Å². The number of benzene rings is 4. The Morgan fingerprint density at radius 3 is 2.32 bits per heavy atom. The largest absolute Gasteiger partial charge is 0.449 e. The van der Waals surface area contributed by atoms with E-state index in [-0.39, 0.29) is 29.9 Å². The number of para-hydroxylation sites is 2. The summed E-state index contributed by atoms with van der Waals surface area (Å²) in [4.78, 5) is 27.4. The molecule has 184 valence electrons. The van der Waals surface area contributed by atoms with E-state index in [2.05, 4.69) is 5.32 Å². The average molecular weight is 513 g/mol. The van der Waals surface area contributed by atoms with E-state index in [1.54, 1.807) is 72.8 Å². The SMILES string of the molecule is O=C(NCc1ccccc1Cl)c1ccc(/C=C2\Oc3ccccc3N(Cc3ccccc3F)C2=O)cc1. The van der Waals surface area contributed by atoms with Gasteiger partial charge in [0.05, 0.1) is 12.2 Å². The number of carbonyl (C=O) groups is 2. The predicted molar refractivity (Wildman–Crippen MR) is 142 cm³/mol. The van der Waals surface area contributed by atoms with Crippen LogP contribution in [0, 0.1) is 5.82 Å². The van der Waals surface area contributed by atoms with Crippen molar-refractivity contribution in [1.29, 1.82) is 0 Å². The number of nitrogens with zero attached hydrogens (tertiary/aromatic N) is 1. The molecule has 0 unspecified atom stereocenters. The van der Waals surface area contributed by atoms with Crippen LogP contribution in [0.5, 0.6) is 5.75 Å². The molecule has 4 aromatic carbocycles. The third kappa shape index (κ3) is 5.39. The predicted octanol–water partition coefficient (Wildman–Crippen LogP) is 6.38. The first-order valence-corrected chi connectivity index (χ1v) is 12.0. The maximum Gasteiger partial charge on any atom is 0.294 e. The van der Waals surface area contributed by atoms with Crippen LogP contribution in [0.25, 0.3) is 6.08 Å². The fourth-order valence-corrected chi connectivity index (χ4v) is 4.22. The fourth-order valence-electron chi connectivity index (χ4n) is 4.02. The molecule has 1 aliphatic rings. The number of hydrogen-bond acceptors (Lipinski definition) is 3. The first-order valence-electron chi connectivity index (χ1n) is 11.6. The maximum atomic E-state index is 14.3. The Balaban J connectivity index is 1.34. The summed E-state index contributed by atoms with van der Waals surface area (Å²) in [6.07, 6.45) is 1.61. The molecule has 2 amide bonds. The zero-order valence-electron chi connectivity index (χ0n) is 19.7. The Morgan fingerprint density at radius 2 is 1.57 bits per heavy atom. The molecule has 5 nitrogen and oxygen atoms in total. The number of anilines is 1. The van der Waals surface area contributed by atoms with E-state index in [0.717, 1.165) is 5.56 Å². The molecule has 0 aliphatic carbocycles. The standard InChI is InChI=1S/C30H22ClFN2O3/c31-24-9-3-1-7-22(24)18-33-29(35)21-15-13-20(14-16-21)17-28-30(36)34(19-23-8-2-4-10-25(23)32)26-11-5-6-12-27(26)37-28/h1-17H,18-19H2,(H,33,35)/b28-17-. The van der Waals surface area contributed by atoms with Gasteiger partial charge in [0.1, 0.15) is 5.82 Å². The molecule has 1 N–H and O–H groups in total. The van der Waals surface area contributed by atoms with Gasteiger partial charge in [0.15, 0.2) is 11.5 Å². The van der Waals surface area contributed by atoms with Crippen LogP contribution in [-0.4, -0.2) is 11.8 Å². The number of halogens is 2. The molecule has 37 heavy (non-hydrogen) atoms. The van der Waals surface area contributed by atoms with Crippen molar-refractivity contribution in [1.82, 2.24) is 5.32 Å². The van der Waals surface area contributed by atoms with Crippen LogP contribution in [0.1, 0.15) is 27.0 Å². The minimum Gasteiger partial charge on any atom is -0.449 e. The normalized spacial score (nSPS) is 13.7. The highest BCUT2D eigenvalue weighted by atomic mass is 35.5. The van der Waals surface area contributed by atoms with Crippen LogP contribution in [0.3, 0.4) is 0 Å². The van der Waals surface area contributed by atoms with Crippen molar-refractivity contribution in [3.05, 3.63) is 136 Å². The number of ether oxygens (including phenoxy) is 1. The van der Waals surface area contributed by atoms with E-state index < -0.39 is 0 Å². The van der Waals surface area contributed by atoms with Crippen molar-refractivity contribution in [2.45, 2.75) is 13.1 Å². The van der Waals surface area contributed by atoms with Crippen molar-refractivity contribution < 1.29 is 18.7 Å². The molecule has 0 saturated heterocycles. The van der Waals surface area contributed by atoms with Gasteiger partial charge in [-0.3, -0.25) is 14.5 Å². The van der Waals surface area contributed by atoms with Gasteiger partial charge in [-0.25, -0.2) is 4.39 Å². The lowest BCUT2D eigenvalue weighted by atomic mass is 10.1. The van der Waals surface area contributed by atoms with Crippen molar-refractivity contribution >= 4 is 35.2 Å². The highest BCUT2D eigenvalue weighted by Crippen LogP contribution is 2.36. The average Bonchev–Trinajstić information content (AvgIpc) is 2.92. The topological polar surface area (TPSA) is 58.6 Å². The van der Waals surface area contributed by atoms with Crippen molar-refractivity contribution in [3.63, 3.8) is 0 Å². The lowest BCUT2D eigenvalue weighted by Gasteiger charge is -2.30. The minimum atomic E-state index is -0.386. The molecular formula is C30H22ClFN2O3. The quantitative estimate of drug-likeness (QED) is 0.305. The molecule has 5 rings (SSSR count). The van der Waals surface area contributed by atoms with Gasteiger partial charge in [0.25, 0.3) is 11.8 Å². The van der Waals surface area contributed by atoms with E-state index in [0.29, 0.717) is 39.7 Å². The van der Waals surface area contributed by atoms with Crippen LogP contribution >= 0.6 is 11.6 Å². The molecule has 7 heteroatoms. The molecule has 1 aliphatic heterocycles. The Morgan fingerprint density at radius 1 is 0.892 bits per heavy atom. The van der Waals surface area contributed by atoms with Gasteiger partial charge in [-0.05, 0) is 53.6 Å². The Hall–Kier alpha value is -4.42. The maximum absolute atomic E-state index is 14.3. The Bertz CT molecular complexity index is 1500. The van der Waals surface area contributed by atoms with E-state index in [1.165, 1.54) is 11.0 Å². The highest BCUT2D eigenvalue weighted by molar-refractivity contribution is 6.31. The minimum absolute atomic E-state index is 0.0633. The van der Waals surface area contributed by atoms with E-state index in [9.17, 15) is 14.0 Å². The van der Waals surface area contributed by atoms with Crippen LogP contribution in [-0.2, 0) is 17.9 Å². The zero-order chi connectivity index (χ0) is 25.8. The van der Waals surface area contributed by atoms with Gasteiger partial charge in [0.2, 0.25) is 0 Å². The van der Waals surface area contributed by atoms with Crippen molar-refractivity contribution in [3.8, 4) is 5.75 Å². The van der Waals surface area contributed by atoms with Crippen molar-refractivity contribution in [2.24, 2.45) is 0 Å². The third-order valence-electron chi connectivity index (χ3n) is 5.99. The summed E-state index contributed by atoms with van der Waals surface area (Å²) in [5.74, 6) is -0.406. The Labute approximate surface area is 218 Å². The van der Waals surface area contributed by atoms with Crippen LogP contribution in [0.2, 0.25) is 5.02 Å². The summed E-state index contributed by atoms with van der Waals surface area (Å²) in [6.45, 7) is 0.373. The zero-order valence-corrected chi connectivity index (χ0v) is 20.4. The second-order valence-corrected chi connectivity index (χ2v) is 8.86. The van der Waals surface area contributed by atoms with Crippen LogP contribution in [0.4, 0.5) is 10.1 Å². The monoisotopic (exact) mass is 512 g/mol. The fraction of sp³-hybridized carbons (Fsp3) is 0.0667. The summed E-state index contributed by atoms with van der Waals surface area (Å²) >= 11 is 6.15. The smallest absolute Gasteiger partial charge is 0.294 e. The first kappa shape index (κ1) is 24.3. The molecule has 1 heterocycles. The van der Waals surface area contributed by atoms with Gasteiger partial charge in [-0.1, -0.05) is 72.3 Å². The van der Waals surface area contributed by atoms with Gasteiger partial charge in [-0.2, -0.15) is 0 Å². The number of fused-ring (bicyclic) bond motifs is 1. The third-order valence-corrected chi connectivity index (χ3v) is 6.35. The van der Waals surface area contributed by atoms with Gasteiger partial charge in [-0.15, -0.1) is 0 Å². The summed E-state index contributed by atoms with van der Waals surface area (Å²) in [5.41, 5.74) is 2.94. The van der Waals surface area contributed by atoms with Crippen molar-refractivity contribution in [2.75, 3.05) is 4.90 Å². The second-order valence-electron chi connectivity index (χ2n) is 8.46. The number of carbonyl (C=O) groups excluding carboxylic acids is 2. The van der Waals surface area contributed by atoms with Gasteiger partial charge in [0, 0.05) is 22.7 Å². The highest BCUT2D eigenvalue weighted by Gasteiger charge is 2.30. The first-order chi connectivity index (χ1) is 18.0. The number of rotatable bonds is 6. The summed E-state index contributed by atoms with van der Waals surface area (Å²) in [7, 11) is 0. The van der Waals surface area contributed by atoms with Crippen LogP contribution < -0.4 is 15.0 Å². The molecule has 0 spiro atoms. The van der Waals surface area contributed by atoms with E-state index in [1.807, 2.05) is 24.3 Å². The summed E-state index contributed by atoms with van der Waals surface area (Å²) in [5, 5.41) is 3.44. The Kier molecular flexibility index (Phi) is 7.01.